The molecule has 0 rings (SSSR count). The molecule has 0 bridgehead atoms. The van der Waals surface area contributed by atoms with Gasteiger partial charge in [-0.1, -0.05) is 11.8 Å². The molecule has 0 atom stereocenters. The summed E-state index contributed by atoms with van der Waals surface area (Å²) in [7, 11) is 0. The van der Waals surface area contributed by atoms with Crippen molar-refractivity contribution in [3.63, 3.8) is 0 Å². The monoisotopic (exact) mass is 91.0 g/mol. The maximum absolute atomic E-state index is 5.07. The highest BCUT2D eigenvalue weighted by Crippen LogP contribution is 1.73. The number of allylic oxidation sites excluding steroid dienone is 2. The summed E-state index contributed by atoms with van der Waals surface area (Å²) in [5.74, 6) is 4.35. The molecule has 0 aromatic heterocycles. The Labute approximate surface area is 43.2 Å². The SMILES string of the molecule is C#C/C=C(\N)C#C. The number of nitrogens with two attached hydrogens (primary N) is 1. The molecule has 0 radical (unpaired) electrons. The van der Waals surface area contributed by atoms with Gasteiger partial charge in [0.25, 0.3) is 0 Å². The molecule has 0 aromatic rings. The smallest absolute Gasteiger partial charge is 0.0909 e. The molecule has 2 N–H and O–H groups in total. The van der Waals surface area contributed by atoms with E-state index in [-0.39, 0.29) is 0 Å². The van der Waals surface area contributed by atoms with Gasteiger partial charge in [-0.25, -0.2) is 0 Å². The Bertz CT molecular complexity index is 152. The normalized spacial score (nSPS) is 9.14. The minimum atomic E-state index is 0.294. The first-order valence-corrected chi connectivity index (χ1v) is 1.69. The van der Waals surface area contributed by atoms with Crippen LogP contribution in [0.4, 0.5) is 0 Å². The third-order valence-electron chi connectivity index (χ3n) is 0.406. The van der Waals surface area contributed by atoms with Crippen LogP contribution in [0.5, 0.6) is 0 Å². The van der Waals surface area contributed by atoms with E-state index in [0.717, 1.165) is 0 Å². The lowest BCUT2D eigenvalue weighted by molar-refractivity contribution is 1.48. The highest BCUT2D eigenvalue weighted by Gasteiger charge is 1.69. The van der Waals surface area contributed by atoms with Crippen molar-refractivity contribution in [2.75, 3.05) is 0 Å². The molecule has 0 aromatic carbocycles. The van der Waals surface area contributed by atoms with Crippen molar-refractivity contribution in [1.29, 1.82) is 0 Å². The number of hydrogen-bond donors (Lipinski definition) is 1. The molecular formula is C6H5N. The zero-order valence-electron chi connectivity index (χ0n) is 3.81. The summed E-state index contributed by atoms with van der Waals surface area (Å²) in [4.78, 5) is 0. The lowest BCUT2D eigenvalue weighted by atomic mass is 10.4. The molecule has 0 unspecified atom stereocenters. The molecule has 0 fully saturated rings. The molecule has 0 saturated heterocycles. The predicted octanol–water partition coefficient (Wildman–Crippen LogP) is 0.0954. The molecule has 0 aliphatic carbocycles. The highest BCUT2D eigenvalue weighted by atomic mass is 14.5. The lowest BCUT2D eigenvalue weighted by Gasteiger charge is -1.76. The van der Waals surface area contributed by atoms with Crippen molar-refractivity contribution in [2.24, 2.45) is 5.73 Å². The van der Waals surface area contributed by atoms with E-state index in [4.69, 9.17) is 18.6 Å². The first-order valence-electron chi connectivity index (χ1n) is 1.69. The second-order valence-electron chi connectivity index (χ2n) is 0.911. The third kappa shape index (κ3) is 2.46. The lowest BCUT2D eigenvalue weighted by Crippen LogP contribution is -1.90. The zero-order valence-corrected chi connectivity index (χ0v) is 3.81. The van der Waals surface area contributed by atoms with Crippen molar-refractivity contribution in [3.8, 4) is 24.7 Å². The fourth-order valence-electron chi connectivity index (χ4n) is 0.131. The highest BCUT2D eigenvalue weighted by molar-refractivity contribution is 5.28. The van der Waals surface area contributed by atoms with Gasteiger partial charge in [0.05, 0.1) is 5.70 Å². The Morgan fingerprint density at radius 1 is 1.57 bits per heavy atom. The van der Waals surface area contributed by atoms with Crippen molar-refractivity contribution in [1.82, 2.24) is 0 Å². The fraction of sp³-hybridized carbons (Fsp3) is 0. The van der Waals surface area contributed by atoms with Crippen LogP contribution in [0.1, 0.15) is 0 Å². The summed E-state index contributed by atoms with van der Waals surface area (Å²) >= 11 is 0. The van der Waals surface area contributed by atoms with Crippen LogP contribution in [0.15, 0.2) is 11.8 Å². The van der Waals surface area contributed by atoms with Gasteiger partial charge in [0.2, 0.25) is 0 Å². The van der Waals surface area contributed by atoms with Crippen LogP contribution >= 0.6 is 0 Å². The number of rotatable bonds is 0. The first-order chi connectivity index (χ1) is 3.31. The van der Waals surface area contributed by atoms with Gasteiger partial charge in [0.1, 0.15) is 0 Å². The second kappa shape index (κ2) is 2.87. The summed E-state index contributed by atoms with van der Waals surface area (Å²) in [6.45, 7) is 0. The molecule has 0 aliphatic heterocycles. The summed E-state index contributed by atoms with van der Waals surface area (Å²) in [5.41, 5.74) is 5.36. The Kier molecular flexibility index (Phi) is 2.32. The van der Waals surface area contributed by atoms with Gasteiger partial charge in [-0.05, 0) is 0 Å². The maximum atomic E-state index is 5.07. The van der Waals surface area contributed by atoms with E-state index in [0.29, 0.717) is 5.70 Å². The average molecular weight is 91.1 g/mol. The summed E-state index contributed by atoms with van der Waals surface area (Å²) in [6, 6.07) is 0. The first kappa shape index (κ1) is 5.66. The molecule has 0 spiro atoms. The quantitative estimate of drug-likeness (QED) is 0.420. The minimum absolute atomic E-state index is 0.294. The molecular weight excluding hydrogens is 86.1 g/mol. The van der Waals surface area contributed by atoms with Gasteiger partial charge in [0.15, 0.2) is 0 Å². The molecule has 1 nitrogen and oxygen atoms in total. The van der Waals surface area contributed by atoms with E-state index in [1.807, 2.05) is 0 Å². The van der Waals surface area contributed by atoms with Crippen molar-refractivity contribution in [2.45, 2.75) is 0 Å². The minimum Gasteiger partial charge on any atom is -0.391 e. The van der Waals surface area contributed by atoms with Crippen LogP contribution in [0.25, 0.3) is 0 Å². The van der Waals surface area contributed by atoms with Gasteiger partial charge in [-0.15, -0.1) is 12.8 Å². The Morgan fingerprint density at radius 2 is 2.14 bits per heavy atom. The van der Waals surface area contributed by atoms with Crippen molar-refractivity contribution in [3.05, 3.63) is 11.8 Å². The molecule has 1 heteroatoms. The van der Waals surface area contributed by atoms with Gasteiger partial charge < -0.3 is 5.73 Å². The van der Waals surface area contributed by atoms with Crippen LogP contribution in [0.2, 0.25) is 0 Å². The molecule has 34 valence electrons. The second-order valence-corrected chi connectivity index (χ2v) is 0.911. The number of terminal acetylenes is 2. The fourth-order valence-corrected chi connectivity index (χ4v) is 0.131. The van der Waals surface area contributed by atoms with E-state index < -0.39 is 0 Å². The molecule has 7 heavy (non-hydrogen) atoms. The van der Waals surface area contributed by atoms with E-state index >= 15 is 0 Å². The predicted molar refractivity (Wildman–Crippen MR) is 29.9 cm³/mol. The molecule has 0 amide bonds. The van der Waals surface area contributed by atoms with Gasteiger partial charge in [0, 0.05) is 6.08 Å². The van der Waals surface area contributed by atoms with Crippen molar-refractivity contribution >= 4 is 0 Å². The summed E-state index contributed by atoms with van der Waals surface area (Å²) < 4.78 is 0. The van der Waals surface area contributed by atoms with Crippen LogP contribution in [0, 0.1) is 24.7 Å². The van der Waals surface area contributed by atoms with Crippen LogP contribution in [-0.2, 0) is 0 Å². The molecule has 0 aliphatic rings. The summed E-state index contributed by atoms with van der Waals surface area (Å²) in [6.07, 6.45) is 11.0. The van der Waals surface area contributed by atoms with Crippen LogP contribution < -0.4 is 5.73 Å². The van der Waals surface area contributed by atoms with E-state index in [2.05, 4.69) is 11.8 Å². The van der Waals surface area contributed by atoms with Crippen molar-refractivity contribution < 1.29 is 0 Å². The third-order valence-corrected chi connectivity index (χ3v) is 0.406. The largest absolute Gasteiger partial charge is 0.391 e. The Morgan fingerprint density at radius 3 is 2.29 bits per heavy atom. The molecule has 0 heterocycles. The van der Waals surface area contributed by atoms with Crippen LogP contribution in [-0.4, -0.2) is 0 Å². The van der Waals surface area contributed by atoms with Gasteiger partial charge in [-0.3, -0.25) is 0 Å². The molecule has 0 saturated carbocycles. The number of hydrogen-bond acceptors (Lipinski definition) is 1. The van der Waals surface area contributed by atoms with E-state index in [1.54, 1.807) is 0 Å². The zero-order chi connectivity index (χ0) is 5.70. The van der Waals surface area contributed by atoms with E-state index in [1.165, 1.54) is 6.08 Å². The summed E-state index contributed by atoms with van der Waals surface area (Å²) in [5, 5.41) is 0. The maximum Gasteiger partial charge on any atom is 0.0909 e. The Balaban J connectivity index is 3.89. The van der Waals surface area contributed by atoms with Crippen LogP contribution in [0.3, 0.4) is 0 Å². The average Bonchev–Trinajstić information content (AvgIpc) is 1.68. The Hall–Kier alpha value is -1.34. The van der Waals surface area contributed by atoms with Gasteiger partial charge in [-0.2, -0.15) is 0 Å². The van der Waals surface area contributed by atoms with E-state index in [9.17, 15) is 0 Å². The standard InChI is InChI=1S/C6H5N/c1-3-5-6(7)4-2/h1-2,5H,7H2/b6-5-. The van der Waals surface area contributed by atoms with Gasteiger partial charge >= 0.3 is 0 Å². The topological polar surface area (TPSA) is 26.0 Å².